The molecule has 66 valence electrons. The number of quaternary nitrogens is 2. The van der Waals surface area contributed by atoms with Crippen molar-refractivity contribution in [2.45, 2.75) is 0 Å². The molecule has 0 aliphatic rings. The first kappa shape index (κ1) is 10.8. The second-order valence-electron chi connectivity index (χ2n) is 3.91. The minimum absolute atomic E-state index is 0.438. The summed E-state index contributed by atoms with van der Waals surface area (Å²) in [6.45, 7) is 3.76. The van der Waals surface area contributed by atoms with Crippen molar-refractivity contribution in [2.24, 2.45) is 11.7 Å². The Morgan fingerprint density at radius 3 is 1.36 bits per heavy atom. The van der Waals surface area contributed by atoms with Gasteiger partial charge in [-0.3, -0.25) is 8.52 Å². The lowest BCUT2D eigenvalue weighted by Crippen LogP contribution is -2.73. The van der Waals surface area contributed by atoms with Gasteiger partial charge in [0.15, 0.2) is 0 Å². The highest BCUT2D eigenvalue weighted by Gasteiger charge is 2.42. The summed E-state index contributed by atoms with van der Waals surface area (Å²) < 4.78 is 0.875. The van der Waals surface area contributed by atoms with Crippen molar-refractivity contribution < 1.29 is 8.52 Å². The van der Waals surface area contributed by atoms with E-state index in [0.29, 0.717) is 8.52 Å². The van der Waals surface area contributed by atoms with E-state index in [1.54, 1.807) is 0 Å². The van der Waals surface area contributed by atoms with Gasteiger partial charge in [-0.25, -0.2) is 0 Å². The minimum Gasteiger partial charge on any atom is -0.261 e. The molecule has 0 atom stereocenters. The quantitative estimate of drug-likeness (QED) is 0.323. The van der Waals surface area contributed by atoms with Crippen LogP contribution in [-0.4, -0.2) is 45.8 Å². The predicted octanol–water partition coefficient (Wildman–Crippen LogP) is -1.17. The van der Waals surface area contributed by atoms with Crippen molar-refractivity contribution in [1.29, 1.82) is 0 Å². The summed E-state index contributed by atoms with van der Waals surface area (Å²) >= 11 is 0. The maximum Gasteiger partial charge on any atom is 0.570 e. The van der Waals surface area contributed by atoms with Gasteiger partial charge in [-0.15, -0.1) is 0 Å². The zero-order valence-electron chi connectivity index (χ0n) is 7.91. The predicted molar refractivity (Wildman–Crippen MR) is 49.9 cm³/mol. The average Bonchev–Trinajstić information content (AvgIpc) is 1.56. The van der Waals surface area contributed by atoms with Gasteiger partial charge in [0.2, 0.25) is 0 Å². The fourth-order valence-corrected chi connectivity index (χ4v) is 3.93. The first-order chi connectivity index (χ1) is 4.69. The molecule has 0 aromatic heterocycles. The first-order valence-electron chi connectivity index (χ1n) is 3.56. The van der Waals surface area contributed by atoms with Crippen LogP contribution in [0.3, 0.4) is 0 Å². The van der Waals surface area contributed by atoms with Gasteiger partial charge >= 0.3 is 9.12 Å². The van der Waals surface area contributed by atoms with Crippen LogP contribution in [0, 0.1) is 0 Å². The fraction of sp³-hybridized carbons (Fsp3) is 0.667. The molecule has 0 rings (SSSR count). The van der Waals surface area contributed by atoms with Crippen LogP contribution in [-0.2, 0) is 0 Å². The zero-order valence-corrected chi connectivity index (χ0v) is 9.07. The monoisotopic (exact) mass is 176 g/mol. The maximum atomic E-state index is 5.91. The summed E-state index contributed by atoms with van der Waals surface area (Å²) in [5.74, 6) is 11.8. The summed E-state index contributed by atoms with van der Waals surface area (Å²) in [6.07, 6.45) is 0. The molecule has 0 bridgehead atoms. The third-order valence-electron chi connectivity index (χ3n) is 1.57. The Morgan fingerprint density at radius 1 is 1.09 bits per heavy atom. The molecule has 0 spiro atoms. The molecular formula is C6H20N4Si+2. The van der Waals surface area contributed by atoms with Crippen LogP contribution in [0.5, 0.6) is 0 Å². The van der Waals surface area contributed by atoms with E-state index in [-0.39, 0.29) is 0 Å². The first-order valence-corrected chi connectivity index (χ1v) is 5.26. The standard InChI is InChI=1S/C6H20N4Si/c1-6-11(9(2,3)7)10(4,5)8/h6,11H,1,7-8H2,2-5H3/q+2. The van der Waals surface area contributed by atoms with Gasteiger partial charge in [0.25, 0.3) is 0 Å². The topological polar surface area (TPSA) is 52.0 Å². The van der Waals surface area contributed by atoms with Crippen LogP contribution in [0.15, 0.2) is 12.3 Å². The van der Waals surface area contributed by atoms with E-state index < -0.39 is 9.12 Å². The SMILES string of the molecule is C=C[SiH]([N+](C)(C)N)[N+](C)(C)N. The number of nitrogens with two attached hydrogens (primary N) is 2. The van der Waals surface area contributed by atoms with Crippen molar-refractivity contribution in [1.82, 2.24) is 0 Å². The van der Waals surface area contributed by atoms with Gasteiger partial charge in [-0.1, -0.05) is 6.58 Å². The Hall–Kier alpha value is -0.203. The lowest BCUT2D eigenvalue weighted by Gasteiger charge is -2.36. The Kier molecular flexibility index (Phi) is 2.98. The summed E-state index contributed by atoms with van der Waals surface area (Å²) in [5.41, 5.74) is 1.92. The molecule has 0 aromatic rings. The van der Waals surface area contributed by atoms with Gasteiger partial charge in [-0.05, 0) is 0 Å². The van der Waals surface area contributed by atoms with Crippen molar-refractivity contribution in [3.05, 3.63) is 12.3 Å². The maximum absolute atomic E-state index is 5.91. The van der Waals surface area contributed by atoms with Crippen LogP contribution >= 0.6 is 0 Å². The third-order valence-corrected chi connectivity index (χ3v) is 4.72. The van der Waals surface area contributed by atoms with Gasteiger partial charge < -0.3 is 0 Å². The van der Waals surface area contributed by atoms with Gasteiger partial charge in [-0.2, -0.15) is 11.7 Å². The number of rotatable bonds is 3. The number of hydrogen-bond acceptors (Lipinski definition) is 2. The molecule has 4 nitrogen and oxygen atoms in total. The molecule has 5 heteroatoms. The van der Waals surface area contributed by atoms with E-state index in [1.165, 1.54) is 0 Å². The third kappa shape index (κ3) is 3.13. The molecular weight excluding hydrogens is 156 g/mol. The summed E-state index contributed by atoms with van der Waals surface area (Å²) in [5, 5.41) is 0. The largest absolute Gasteiger partial charge is 0.570 e. The molecule has 0 aliphatic carbocycles. The Labute approximate surface area is 70.6 Å². The molecule has 0 saturated heterocycles. The van der Waals surface area contributed by atoms with Crippen molar-refractivity contribution in [2.75, 3.05) is 28.2 Å². The molecule has 0 saturated carbocycles. The summed E-state index contributed by atoms with van der Waals surface area (Å²) in [4.78, 5) is 0. The molecule has 0 aliphatic heterocycles. The second-order valence-corrected chi connectivity index (χ2v) is 7.87. The molecule has 0 aromatic carbocycles. The summed E-state index contributed by atoms with van der Waals surface area (Å²) in [7, 11) is 6.40. The molecule has 0 heterocycles. The lowest BCUT2D eigenvalue weighted by atomic mass is 11.2. The van der Waals surface area contributed by atoms with E-state index in [9.17, 15) is 0 Å². The Bertz CT molecular complexity index is 130. The van der Waals surface area contributed by atoms with Crippen LogP contribution in [0.2, 0.25) is 0 Å². The van der Waals surface area contributed by atoms with Crippen LogP contribution in [0.25, 0.3) is 0 Å². The number of hydrogen-bond donors (Lipinski definition) is 2. The molecule has 0 radical (unpaired) electrons. The normalized spacial score (nSPS) is 13.7. The van der Waals surface area contributed by atoms with E-state index in [0.717, 1.165) is 0 Å². The molecule has 0 fully saturated rings. The van der Waals surface area contributed by atoms with E-state index >= 15 is 0 Å². The van der Waals surface area contributed by atoms with E-state index in [2.05, 4.69) is 6.58 Å². The van der Waals surface area contributed by atoms with Crippen LogP contribution in [0.4, 0.5) is 0 Å². The number of nitrogens with zero attached hydrogens (tertiary/aromatic N) is 2. The van der Waals surface area contributed by atoms with E-state index in [1.807, 2.05) is 33.9 Å². The van der Waals surface area contributed by atoms with Crippen LogP contribution in [0.1, 0.15) is 0 Å². The van der Waals surface area contributed by atoms with Crippen molar-refractivity contribution in [3.8, 4) is 0 Å². The summed E-state index contributed by atoms with van der Waals surface area (Å²) in [6, 6.07) is 0. The zero-order chi connectivity index (χ0) is 9.28. The second kappa shape index (κ2) is 3.04. The smallest absolute Gasteiger partial charge is 0.261 e. The van der Waals surface area contributed by atoms with Gasteiger partial charge in [0.05, 0.1) is 28.2 Å². The average molecular weight is 176 g/mol. The Morgan fingerprint density at radius 2 is 1.36 bits per heavy atom. The van der Waals surface area contributed by atoms with Crippen LogP contribution < -0.4 is 11.7 Å². The molecule has 11 heavy (non-hydrogen) atoms. The highest BCUT2D eigenvalue weighted by Crippen LogP contribution is 2.02. The highest BCUT2D eigenvalue weighted by atomic mass is 28.3. The fourth-order valence-electron chi connectivity index (χ4n) is 1.31. The van der Waals surface area contributed by atoms with Gasteiger partial charge in [0, 0.05) is 5.70 Å². The minimum atomic E-state index is -1.40. The Balaban J connectivity index is 4.56. The lowest BCUT2D eigenvalue weighted by molar-refractivity contribution is -0.911. The van der Waals surface area contributed by atoms with Gasteiger partial charge in [0.1, 0.15) is 0 Å². The molecule has 0 amide bonds. The molecule has 4 N–H and O–H groups in total. The van der Waals surface area contributed by atoms with Crippen molar-refractivity contribution >= 4 is 9.12 Å². The molecule has 0 unspecified atom stereocenters. The van der Waals surface area contributed by atoms with E-state index in [4.69, 9.17) is 11.7 Å². The van der Waals surface area contributed by atoms with Crippen molar-refractivity contribution in [3.63, 3.8) is 0 Å². The highest BCUT2D eigenvalue weighted by molar-refractivity contribution is 6.48.